The van der Waals surface area contributed by atoms with Crippen molar-refractivity contribution in [3.63, 3.8) is 0 Å². The first-order chi connectivity index (χ1) is 9.05. The van der Waals surface area contributed by atoms with Gasteiger partial charge in [0.2, 0.25) is 0 Å². The molecule has 1 saturated carbocycles. The zero-order valence-electron chi connectivity index (χ0n) is 11.5. The topological polar surface area (TPSA) is 30.5 Å². The Morgan fingerprint density at radius 3 is 2.53 bits per heavy atom. The number of halogens is 3. The highest BCUT2D eigenvalue weighted by molar-refractivity contribution is 4.85. The number of ether oxygens (including phenoxy) is 2. The Bertz CT molecular complexity index is 236. The molecule has 1 N–H and O–H groups in total. The van der Waals surface area contributed by atoms with Crippen LogP contribution in [-0.2, 0) is 9.47 Å². The SMILES string of the molecule is COCCOCCCNC1CCCCC1C(F)(F)F. The van der Waals surface area contributed by atoms with Crippen LogP contribution in [0.3, 0.4) is 0 Å². The third-order valence-electron chi connectivity index (χ3n) is 3.49. The van der Waals surface area contributed by atoms with Gasteiger partial charge in [0.1, 0.15) is 0 Å². The monoisotopic (exact) mass is 283 g/mol. The lowest BCUT2D eigenvalue weighted by molar-refractivity contribution is -0.188. The average molecular weight is 283 g/mol. The molecule has 0 aromatic heterocycles. The van der Waals surface area contributed by atoms with Crippen LogP contribution in [0.15, 0.2) is 0 Å². The van der Waals surface area contributed by atoms with Crippen LogP contribution < -0.4 is 5.32 Å². The third kappa shape index (κ3) is 6.58. The summed E-state index contributed by atoms with van der Waals surface area (Å²) < 4.78 is 48.6. The molecule has 6 heteroatoms. The molecular formula is C13H24F3NO2. The van der Waals surface area contributed by atoms with Crippen LogP contribution in [-0.4, -0.2) is 45.7 Å². The molecule has 0 amide bonds. The number of alkyl halides is 3. The summed E-state index contributed by atoms with van der Waals surface area (Å²) >= 11 is 0. The highest BCUT2D eigenvalue weighted by atomic mass is 19.4. The molecule has 19 heavy (non-hydrogen) atoms. The number of rotatable bonds is 8. The number of hydrogen-bond donors (Lipinski definition) is 1. The largest absolute Gasteiger partial charge is 0.393 e. The molecule has 2 atom stereocenters. The molecule has 1 fully saturated rings. The molecule has 2 unspecified atom stereocenters. The summed E-state index contributed by atoms with van der Waals surface area (Å²) in [5.41, 5.74) is 0. The quantitative estimate of drug-likeness (QED) is 0.695. The zero-order valence-corrected chi connectivity index (χ0v) is 11.5. The Hall–Kier alpha value is -0.330. The summed E-state index contributed by atoms with van der Waals surface area (Å²) in [7, 11) is 1.60. The smallest absolute Gasteiger partial charge is 0.382 e. The molecule has 0 bridgehead atoms. The normalized spacial score (nSPS) is 24.6. The van der Waals surface area contributed by atoms with Crippen molar-refractivity contribution >= 4 is 0 Å². The molecule has 0 saturated heterocycles. The lowest BCUT2D eigenvalue weighted by atomic mass is 9.84. The van der Waals surface area contributed by atoms with E-state index in [1.54, 1.807) is 7.11 Å². The Labute approximate surface area is 112 Å². The van der Waals surface area contributed by atoms with E-state index in [1.165, 1.54) is 0 Å². The highest BCUT2D eigenvalue weighted by Gasteiger charge is 2.45. The van der Waals surface area contributed by atoms with Crippen LogP contribution >= 0.6 is 0 Å². The van der Waals surface area contributed by atoms with Gasteiger partial charge >= 0.3 is 6.18 Å². The van der Waals surface area contributed by atoms with Crippen molar-refractivity contribution in [2.45, 2.75) is 44.3 Å². The van der Waals surface area contributed by atoms with E-state index in [-0.39, 0.29) is 6.42 Å². The third-order valence-corrected chi connectivity index (χ3v) is 3.49. The number of hydrogen-bond acceptors (Lipinski definition) is 3. The summed E-state index contributed by atoms with van der Waals surface area (Å²) in [5.74, 6) is -1.18. The van der Waals surface area contributed by atoms with Crippen molar-refractivity contribution in [2.24, 2.45) is 5.92 Å². The molecule has 0 radical (unpaired) electrons. The van der Waals surface area contributed by atoms with Gasteiger partial charge in [0, 0.05) is 19.8 Å². The van der Waals surface area contributed by atoms with Crippen molar-refractivity contribution in [2.75, 3.05) is 33.5 Å². The van der Waals surface area contributed by atoms with Crippen molar-refractivity contribution in [3.05, 3.63) is 0 Å². The fourth-order valence-electron chi connectivity index (χ4n) is 2.47. The van der Waals surface area contributed by atoms with E-state index < -0.39 is 18.1 Å². The van der Waals surface area contributed by atoms with Crippen LogP contribution in [0.5, 0.6) is 0 Å². The van der Waals surface area contributed by atoms with E-state index in [1.807, 2.05) is 0 Å². The van der Waals surface area contributed by atoms with Crippen LogP contribution in [0.25, 0.3) is 0 Å². The van der Waals surface area contributed by atoms with Gasteiger partial charge in [-0.25, -0.2) is 0 Å². The van der Waals surface area contributed by atoms with E-state index in [0.717, 1.165) is 12.8 Å². The summed E-state index contributed by atoms with van der Waals surface area (Å²) in [4.78, 5) is 0. The molecule has 0 aromatic carbocycles. The van der Waals surface area contributed by atoms with Crippen molar-refractivity contribution < 1.29 is 22.6 Å². The van der Waals surface area contributed by atoms with E-state index in [2.05, 4.69) is 5.32 Å². The van der Waals surface area contributed by atoms with Gasteiger partial charge in [-0.05, 0) is 25.8 Å². The molecule has 0 aliphatic heterocycles. The van der Waals surface area contributed by atoms with Gasteiger partial charge in [0.15, 0.2) is 0 Å². The van der Waals surface area contributed by atoms with E-state index >= 15 is 0 Å². The molecule has 0 heterocycles. The average Bonchev–Trinajstić information content (AvgIpc) is 2.37. The lowest BCUT2D eigenvalue weighted by Gasteiger charge is -2.33. The van der Waals surface area contributed by atoms with Crippen molar-refractivity contribution in [1.82, 2.24) is 5.32 Å². The number of nitrogens with one attached hydrogen (secondary N) is 1. The predicted octanol–water partition coefficient (Wildman–Crippen LogP) is 2.75. The first-order valence-corrected chi connectivity index (χ1v) is 6.92. The van der Waals surface area contributed by atoms with Gasteiger partial charge in [-0.1, -0.05) is 12.8 Å². The molecule has 3 nitrogen and oxygen atoms in total. The van der Waals surface area contributed by atoms with Gasteiger partial charge < -0.3 is 14.8 Å². The molecule has 1 rings (SSSR count). The second-order valence-electron chi connectivity index (χ2n) is 4.95. The Morgan fingerprint density at radius 2 is 1.84 bits per heavy atom. The molecule has 1 aliphatic carbocycles. The minimum atomic E-state index is -4.08. The second-order valence-corrected chi connectivity index (χ2v) is 4.95. The predicted molar refractivity (Wildman–Crippen MR) is 67.1 cm³/mol. The van der Waals surface area contributed by atoms with Crippen LogP contribution in [0.4, 0.5) is 13.2 Å². The fraction of sp³-hybridized carbons (Fsp3) is 1.00. The maximum Gasteiger partial charge on any atom is 0.393 e. The van der Waals surface area contributed by atoms with Crippen molar-refractivity contribution in [3.8, 4) is 0 Å². The summed E-state index contributed by atoms with van der Waals surface area (Å²) in [5, 5.41) is 3.04. The molecular weight excluding hydrogens is 259 g/mol. The lowest BCUT2D eigenvalue weighted by Crippen LogP contribution is -2.45. The van der Waals surface area contributed by atoms with E-state index in [4.69, 9.17) is 9.47 Å². The van der Waals surface area contributed by atoms with Gasteiger partial charge in [-0.2, -0.15) is 13.2 Å². The summed E-state index contributed by atoms with van der Waals surface area (Å²) in [6.45, 7) is 2.21. The maximum atomic E-state index is 12.8. The Morgan fingerprint density at radius 1 is 1.11 bits per heavy atom. The molecule has 114 valence electrons. The number of methoxy groups -OCH3 is 1. The summed E-state index contributed by atoms with van der Waals surface area (Å²) in [6, 6.07) is -0.423. The first-order valence-electron chi connectivity index (χ1n) is 6.92. The Kier molecular flexibility index (Phi) is 7.71. The van der Waals surface area contributed by atoms with Gasteiger partial charge in [0.25, 0.3) is 0 Å². The summed E-state index contributed by atoms with van der Waals surface area (Å²) in [6.07, 6.45) is -0.908. The minimum absolute atomic E-state index is 0.255. The van der Waals surface area contributed by atoms with E-state index in [9.17, 15) is 13.2 Å². The first kappa shape index (κ1) is 16.7. The second kappa shape index (κ2) is 8.76. The Balaban J connectivity index is 2.15. The van der Waals surface area contributed by atoms with Crippen LogP contribution in [0.2, 0.25) is 0 Å². The highest BCUT2D eigenvalue weighted by Crippen LogP contribution is 2.37. The van der Waals surface area contributed by atoms with Gasteiger partial charge in [0.05, 0.1) is 19.1 Å². The standard InChI is InChI=1S/C13H24F3NO2/c1-18-9-10-19-8-4-7-17-12-6-3-2-5-11(12)13(14,15)16/h11-12,17H,2-10H2,1H3. The van der Waals surface area contributed by atoms with Gasteiger partial charge in [-0.15, -0.1) is 0 Å². The van der Waals surface area contributed by atoms with Gasteiger partial charge in [-0.3, -0.25) is 0 Å². The van der Waals surface area contributed by atoms with Crippen molar-refractivity contribution in [1.29, 1.82) is 0 Å². The molecule has 1 aliphatic rings. The maximum absolute atomic E-state index is 12.8. The van der Waals surface area contributed by atoms with Crippen LogP contribution in [0.1, 0.15) is 32.1 Å². The zero-order chi connectivity index (χ0) is 14.1. The minimum Gasteiger partial charge on any atom is -0.382 e. The fourth-order valence-corrected chi connectivity index (χ4v) is 2.47. The molecule has 0 spiro atoms. The van der Waals surface area contributed by atoms with Crippen LogP contribution in [0, 0.1) is 5.92 Å². The van der Waals surface area contributed by atoms with E-state index in [0.29, 0.717) is 39.2 Å². The molecule has 0 aromatic rings.